The van der Waals surface area contributed by atoms with E-state index >= 15 is 0 Å². The molecule has 21 heavy (non-hydrogen) atoms. The average molecular weight is 311 g/mol. The van der Waals surface area contributed by atoms with Gasteiger partial charge in [-0.2, -0.15) is 0 Å². The van der Waals surface area contributed by atoms with E-state index in [9.17, 15) is 9.50 Å². The van der Waals surface area contributed by atoms with E-state index in [0.29, 0.717) is 22.8 Å². The van der Waals surface area contributed by atoms with E-state index in [1.807, 2.05) is 0 Å². The molecule has 1 atom stereocenters. The third kappa shape index (κ3) is 3.65. The van der Waals surface area contributed by atoms with Crippen molar-refractivity contribution >= 4 is 11.6 Å². The third-order valence-corrected chi connectivity index (χ3v) is 3.45. The minimum atomic E-state index is -0.813. The smallest absolute Gasteiger partial charge is 0.165 e. The van der Waals surface area contributed by atoms with Crippen molar-refractivity contribution < 1.29 is 19.0 Å². The predicted molar refractivity (Wildman–Crippen MR) is 79.6 cm³/mol. The lowest BCUT2D eigenvalue weighted by Crippen LogP contribution is -2.04. The number of methoxy groups -OCH3 is 2. The lowest BCUT2D eigenvalue weighted by atomic mass is 10.0. The number of hydrogen-bond acceptors (Lipinski definition) is 3. The zero-order valence-corrected chi connectivity index (χ0v) is 12.5. The summed E-state index contributed by atoms with van der Waals surface area (Å²) in [5.74, 6) is 0.283. The van der Waals surface area contributed by atoms with E-state index in [4.69, 9.17) is 21.1 Å². The van der Waals surface area contributed by atoms with Gasteiger partial charge in [0.2, 0.25) is 0 Å². The van der Waals surface area contributed by atoms with Crippen molar-refractivity contribution in [2.24, 2.45) is 0 Å². The van der Waals surface area contributed by atoms with E-state index in [-0.39, 0.29) is 5.75 Å². The molecule has 0 aliphatic rings. The Hall–Kier alpha value is -1.78. The van der Waals surface area contributed by atoms with Crippen LogP contribution in [-0.4, -0.2) is 19.3 Å². The highest BCUT2D eigenvalue weighted by Crippen LogP contribution is 2.29. The topological polar surface area (TPSA) is 38.7 Å². The average Bonchev–Trinajstić information content (AvgIpc) is 2.48. The zero-order valence-electron chi connectivity index (χ0n) is 11.8. The van der Waals surface area contributed by atoms with Gasteiger partial charge in [0.25, 0.3) is 0 Å². The molecule has 3 nitrogen and oxygen atoms in total. The summed E-state index contributed by atoms with van der Waals surface area (Å²) in [5, 5.41) is 10.9. The second kappa shape index (κ2) is 6.78. The first-order chi connectivity index (χ1) is 10.0. The molecule has 0 heterocycles. The van der Waals surface area contributed by atoms with Gasteiger partial charge in [-0.1, -0.05) is 17.7 Å². The van der Waals surface area contributed by atoms with E-state index < -0.39 is 11.9 Å². The number of ether oxygens (including phenoxy) is 2. The first-order valence-electron chi connectivity index (χ1n) is 6.39. The lowest BCUT2D eigenvalue weighted by molar-refractivity contribution is 0.176. The Morgan fingerprint density at radius 1 is 1.10 bits per heavy atom. The summed E-state index contributed by atoms with van der Waals surface area (Å²) < 4.78 is 23.6. The zero-order chi connectivity index (χ0) is 15.4. The molecule has 0 aliphatic heterocycles. The number of benzene rings is 2. The molecule has 5 heteroatoms. The largest absolute Gasteiger partial charge is 0.496 e. The molecule has 0 saturated heterocycles. The third-order valence-electron chi connectivity index (χ3n) is 3.22. The Labute approximate surface area is 127 Å². The standard InChI is InChI=1S/C16H16ClFO3/c1-20-15-6-4-12(17)7-11(15)8-14(19)10-3-5-13(18)16(9-10)21-2/h3-7,9,14,19H,8H2,1-2H3. The molecule has 0 aliphatic carbocycles. The lowest BCUT2D eigenvalue weighted by Gasteiger charge is -2.15. The van der Waals surface area contributed by atoms with Crippen LogP contribution in [-0.2, 0) is 6.42 Å². The van der Waals surface area contributed by atoms with Gasteiger partial charge in [-0.3, -0.25) is 0 Å². The SMILES string of the molecule is COc1cc(C(O)Cc2cc(Cl)ccc2OC)ccc1F. The summed E-state index contributed by atoms with van der Waals surface area (Å²) in [6.45, 7) is 0. The molecule has 2 rings (SSSR count). The fourth-order valence-electron chi connectivity index (χ4n) is 2.12. The number of halogens is 2. The first-order valence-corrected chi connectivity index (χ1v) is 6.77. The Kier molecular flexibility index (Phi) is 5.04. The maximum absolute atomic E-state index is 13.4. The normalized spacial score (nSPS) is 12.0. The molecule has 0 aromatic heterocycles. The van der Waals surface area contributed by atoms with Crippen molar-refractivity contribution in [2.75, 3.05) is 14.2 Å². The van der Waals surface area contributed by atoms with E-state index in [1.54, 1.807) is 25.3 Å². The summed E-state index contributed by atoms with van der Waals surface area (Å²) in [6, 6.07) is 9.49. The van der Waals surface area contributed by atoms with Gasteiger partial charge in [-0.15, -0.1) is 0 Å². The maximum Gasteiger partial charge on any atom is 0.165 e. The molecule has 0 fully saturated rings. The molecule has 2 aromatic carbocycles. The molecular formula is C16H16ClFO3. The van der Waals surface area contributed by atoms with Gasteiger partial charge in [0.15, 0.2) is 11.6 Å². The second-order valence-electron chi connectivity index (χ2n) is 4.57. The summed E-state index contributed by atoms with van der Waals surface area (Å²) in [6.07, 6.45) is -0.509. The van der Waals surface area contributed by atoms with E-state index in [1.165, 1.54) is 25.3 Å². The van der Waals surface area contributed by atoms with Gasteiger partial charge < -0.3 is 14.6 Å². The minimum absolute atomic E-state index is 0.101. The maximum atomic E-state index is 13.4. The van der Waals surface area contributed by atoms with Gasteiger partial charge in [-0.05, 0) is 41.5 Å². The number of rotatable bonds is 5. The fourth-order valence-corrected chi connectivity index (χ4v) is 2.31. The van der Waals surface area contributed by atoms with Crippen LogP contribution in [0.25, 0.3) is 0 Å². The van der Waals surface area contributed by atoms with Crippen molar-refractivity contribution in [2.45, 2.75) is 12.5 Å². The van der Waals surface area contributed by atoms with Crippen molar-refractivity contribution in [1.29, 1.82) is 0 Å². The summed E-state index contributed by atoms with van der Waals surface area (Å²) in [7, 11) is 2.94. The van der Waals surface area contributed by atoms with Gasteiger partial charge in [0.1, 0.15) is 5.75 Å². The van der Waals surface area contributed by atoms with Gasteiger partial charge in [0.05, 0.1) is 20.3 Å². The number of aliphatic hydroxyl groups is 1. The Morgan fingerprint density at radius 3 is 2.48 bits per heavy atom. The quantitative estimate of drug-likeness (QED) is 0.913. The van der Waals surface area contributed by atoms with Crippen molar-refractivity contribution in [3.63, 3.8) is 0 Å². The van der Waals surface area contributed by atoms with Crippen LogP contribution in [0.5, 0.6) is 11.5 Å². The molecule has 0 bridgehead atoms. The molecule has 112 valence electrons. The highest BCUT2D eigenvalue weighted by Gasteiger charge is 2.15. The van der Waals surface area contributed by atoms with Crippen LogP contribution >= 0.6 is 11.6 Å². The molecule has 0 radical (unpaired) electrons. The molecule has 0 saturated carbocycles. The Morgan fingerprint density at radius 2 is 1.81 bits per heavy atom. The van der Waals surface area contributed by atoms with Crippen LogP contribution in [0.4, 0.5) is 4.39 Å². The predicted octanol–water partition coefficient (Wildman–Crippen LogP) is 3.77. The van der Waals surface area contributed by atoms with Crippen LogP contribution in [0, 0.1) is 5.82 Å². The molecule has 1 N–H and O–H groups in total. The summed E-state index contributed by atoms with van der Waals surface area (Å²) in [5.41, 5.74) is 1.34. The van der Waals surface area contributed by atoms with Crippen LogP contribution < -0.4 is 9.47 Å². The molecule has 2 aromatic rings. The fraction of sp³-hybridized carbons (Fsp3) is 0.250. The van der Waals surface area contributed by atoms with Gasteiger partial charge >= 0.3 is 0 Å². The second-order valence-corrected chi connectivity index (χ2v) is 5.01. The van der Waals surface area contributed by atoms with Crippen LogP contribution in [0.15, 0.2) is 36.4 Å². The highest BCUT2D eigenvalue weighted by molar-refractivity contribution is 6.30. The minimum Gasteiger partial charge on any atom is -0.496 e. The molecule has 1 unspecified atom stereocenters. The van der Waals surface area contributed by atoms with Crippen LogP contribution in [0.3, 0.4) is 0 Å². The number of hydrogen-bond donors (Lipinski definition) is 1. The molecular weight excluding hydrogens is 295 g/mol. The van der Waals surface area contributed by atoms with Gasteiger partial charge in [-0.25, -0.2) is 4.39 Å². The molecule has 0 amide bonds. The summed E-state index contributed by atoms with van der Waals surface area (Å²) >= 11 is 5.96. The van der Waals surface area contributed by atoms with E-state index in [2.05, 4.69) is 0 Å². The van der Waals surface area contributed by atoms with Crippen molar-refractivity contribution in [3.05, 3.63) is 58.4 Å². The first kappa shape index (κ1) is 15.6. The van der Waals surface area contributed by atoms with Crippen LogP contribution in [0.1, 0.15) is 17.2 Å². The molecule has 0 spiro atoms. The van der Waals surface area contributed by atoms with Crippen molar-refractivity contribution in [1.82, 2.24) is 0 Å². The summed E-state index contributed by atoms with van der Waals surface area (Å²) in [4.78, 5) is 0. The van der Waals surface area contributed by atoms with Crippen molar-refractivity contribution in [3.8, 4) is 11.5 Å². The van der Waals surface area contributed by atoms with E-state index in [0.717, 1.165) is 5.56 Å². The Balaban J connectivity index is 2.25. The van der Waals surface area contributed by atoms with Crippen LogP contribution in [0.2, 0.25) is 5.02 Å². The van der Waals surface area contributed by atoms with Gasteiger partial charge in [0, 0.05) is 11.4 Å². The highest BCUT2D eigenvalue weighted by atomic mass is 35.5. The monoisotopic (exact) mass is 310 g/mol. The Bertz CT molecular complexity index is 631. The number of aliphatic hydroxyl groups excluding tert-OH is 1.